The van der Waals surface area contributed by atoms with Crippen molar-refractivity contribution in [3.8, 4) is 5.75 Å². The normalized spacial score (nSPS) is 10.8. The first-order chi connectivity index (χ1) is 12.5. The third kappa shape index (κ3) is 4.81. The van der Waals surface area contributed by atoms with Gasteiger partial charge in [-0.3, -0.25) is 0 Å². The number of rotatable bonds is 7. The van der Waals surface area contributed by atoms with Gasteiger partial charge in [-0.25, -0.2) is 14.2 Å². The molecule has 5 nitrogen and oxygen atoms in total. The third-order valence-corrected chi connectivity index (χ3v) is 3.96. The summed E-state index contributed by atoms with van der Waals surface area (Å²) in [6.45, 7) is 4.50. The van der Waals surface area contributed by atoms with Gasteiger partial charge < -0.3 is 14.4 Å². The van der Waals surface area contributed by atoms with E-state index in [0.29, 0.717) is 28.1 Å². The minimum absolute atomic E-state index is 0.130. The van der Waals surface area contributed by atoms with Gasteiger partial charge in [-0.05, 0) is 37.6 Å². The molecule has 0 spiro atoms. The summed E-state index contributed by atoms with van der Waals surface area (Å²) < 4.78 is 24.2. The maximum atomic E-state index is 13.6. The molecule has 0 aliphatic carbocycles. The fourth-order valence-electron chi connectivity index (χ4n) is 2.24. The number of carbonyl (C=O) groups is 1. The lowest BCUT2D eigenvalue weighted by Crippen LogP contribution is -2.14. The molecule has 0 aliphatic heterocycles. The fourth-order valence-corrected chi connectivity index (χ4v) is 2.24. The molecule has 0 fully saturated rings. The summed E-state index contributed by atoms with van der Waals surface area (Å²) in [7, 11) is 3.43. The van der Waals surface area contributed by atoms with Crippen LogP contribution < -0.4 is 4.74 Å². The number of hydrogen-bond acceptors (Lipinski definition) is 4. The summed E-state index contributed by atoms with van der Waals surface area (Å²) in [6, 6.07) is 9.55. The van der Waals surface area contributed by atoms with E-state index in [2.05, 4.69) is 4.99 Å². The van der Waals surface area contributed by atoms with E-state index in [-0.39, 0.29) is 6.61 Å². The molecule has 0 atom stereocenters. The maximum Gasteiger partial charge on any atom is 0.338 e. The second kappa shape index (κ2) is 8.99. The van der Waals surface area contributed by atoms with Crippen LogP contribution in [0.1, 0.15) is 28.4 Å². The van der Waals surface area contributed by atoms with Gasteiger partial charge in [0.05, 0.1) is 19.0 Å². The van der Waals surface area contributed by atoms with Gasteiger partial charge in [-0.2, -0.15) is 0 Å². The molecule has 0 N–H and O–H groups in total. The van der Waals surface area contributed by atoms with Crippen LogP contribution in [0.4, 0.5) is 10.1 Å². The molecule has 0 heterocycles. The molecule has 26 heavy (non-hydrogen) atoms. The van der Waals surface area contributed by atoms with Gasteiger partial charge in [-0.1, -0.05) is 18.2 Å². The highest BCUT2D eigenvalue weighted by molar-refractivity contribution is 5.92. The Labute approximate surface area is 153 Å². The van der Waals surface area contributed by atoms with Crippen molar-refractivity contribution >= 4 is 18.0 Å². The first-order valence-corrected chi connectivity index (χ1v) is 8.29. The van der Waals surface area contributed by atoms with Crippen LogP contribution in [0.25, 0.3) is 0 Å². The number of methoxy groups -OCH3 is 1. The van der Waals surface area contributed by atoms with Crippen molar-refractivity contribution in [2.75, 3.05) is 20.7 Å². The monoisotopic (exact) mass is 358 g/mol. The minimum Gasteiger partial charge on any atom is -0.494 e. The molecular weight excluding hydrogens is 335 g/mol. The van der Waals surface area contributed by atoms with Crippen LogP contribution in [0.2, 0.25) is 0 Å². The number of benzene rings is 2. The zero-order valence-electron chi connectivity index (χ0n) is 15.5. The summed E-state index contributed by atoms with van der Waals surface area (Å²) in [5, 5.41) is 0. The number of halogens is 1. The Morgan fingerprint density at radius 3 is 2.69 bits per heavy atom. The van der Waals surface area contributed by atoms with E-state index in [9.17, 15) is 9.18 Å². The zero-order chi connectivity index (χ0) is 19.1. The van der Waals surface area contributed by atoms with Crippen molar-refractivity contribution in [2.45, 2.75) is 20.5 Å². The Bertz CT molecular complexity index is 806. The Morgan fingerprint density at radius 2 is 2.04 bits per heavy atom. The molecule has 6 heteroatoms. The molecule has 2 aromatic carbocycles. The van der Waals surface area contributed by atoms with E-state index in [4.69, 9.17) is 9.47 Å². The van der Waals surface area contributed by atoms with Gasteiger partial charge in [0.1, 0.15) is 23.9 Å². The van der Waals surface area contributed by atoms with Crippen LogP contribution in [0.15, 0.2) is 41.4 Å². The largest absolute Gasteiger partial charge is 0.494 e. The van der Waals surface area contributed by atoms with E-state index in [1.807, 2.05) is 18.9 Å². The lowest BCUT2D eigenvalue weighted by molar-refractivity contribution is 0.0467. The smallest absolute Gasteiger partial charge is 0.338 e. The Kier molecular flexibility index (Phi) is 6.72. The van der Waals surface area contributed by atoms with Gasteiger partial charge in [-0.15, -0.1) is 0 Å². The molecule has 138 valence electrons. The molecule has 0 saturated heterocycles. The summed E-state index contributed by atoms with van der Waals surface area (Å²) in [6.07, 6.45) is 1.70. The fraction of sp³-hybridized carbons (Fsp3) is 0.300. The second-order valence-corrected chi connectivity index (χ2v) is 5.82. The van der Waals surface area contributed by atoms with Crippen LogP contribution in [-0.2, 0) is 11.3 Å². The summed E-state index contributed by atoms with van der Waals surface area (Å²) in [5.41, 5.74) is 2.02. The second-order valence-electron chi connectivity index (χ2n) is 5.82. The molecule has 0 radical (unpaired) electrons. The van der Waals surface area contributed by atoms with Crippen molar-refractivity contribution in [3.05, 3.63) is 58.9 Å². The van der Waals surface area contributed by atoms with Gasteiger partial charge in [0.2, 0.25) is 0 Å². The molecule has 0 bridgehead atoms. The summed E-state index contributed by atoms with van der Waals surface area (Å²) in [4.78, 5) is 18.7. The predicted octanol–water partition coefficient (Wildman–Crippen LogP) is 4.11. The highest BCUT2D eigenvalue weighted by atomic mass is 19.1. The number of carbonyl (C=O) groups excluding carboxylic acids is 1. The molecule has 2 aromatic rings. The van der Waals surface area contributed by atoms with Crippen molar-refractivity contribution < 1.29 is 18.7 Å². The van der Waals surface area contributed by atoms with Gasteiger partial charge in [0.15, 0.2) is 0 Å². The first kappa shape index (κ1) is 19.4. The van der Waals surface area contributed by atoms with Gasteiger partial charge >= 0.3 is 5.97 Å². The highest BCUT2D eigenvalue weighted by Crippen LogP contribution is 2.31. The van der Waals surface area contributed by atoms with E-state index in [1.54, 1.807) is 43.6 Å². The van der Waals surface area contributed by atoms with Crippen molar-refractivity contribution in [1.82, 2.24) is 4.90 Å². The first-order valence-electron chi connectivity index (χ1n) is 8.29. The van der Waals surface area contributed by atoms with Crippen LogP contribution in [0.3, 0.4) is 0 Å². The van der Waals surface area contributed by atoms with Crippen molar-refractivity contribution in [3.63, 3.8) is 0 Å². The Hall–Kier alpha value is -2.89. The SMILES string of the molecule is CCN(C)C=Nc1cc(C)c(C(=O)OCc2ccccc2F)cc1OC. The maximum absolute atomic E-state index is 13.6. The van der Waals surface area contributed by atoms with Crippen LogP contribution in [0, 0.1) is 12.7 Å². The number of nitrogens with zero attached hydrogens (tertiary/aromatic N) is 2. The average molecular weight is 358 g/mol. The van der Waals surface area contributed by atoms with Crippen LogP contribution >= 0.6 is 0 Å². The van der Waals surface area contributed by atoms with Crippen LogP contribution in [0.5, 0.6) is 5.75 Å². The lowest BCUT2D eigenvalue weighted by Gasteiger charge is -2.13. The molecule has 2 rings (SSSR count). The van der Waals surface area contributed by atoms with E-state index >= 15 is 0 Å². The molecule has 0 aliphatic rings. The topological polar surface area (TPSA) is 51.1 Å². The number of esters is 1. The number of aryl methyl sites for hydroxylation is 1. The predicted molar refractivity (Wildman–Crippen MR) is 99.7 cm³/mol. The Balaban J connectivity index is 2.19. The minimum atomic E-state index is -0.537. The van der Waals surface area contributed by atoms with Crippen LogP contribution in [-0.4, -0.2) is 37.9 Å². The Morgan fingerprint density at radius 1 is 1.31 bits per heavy atom. The number of aliphatic imine (C=N–C) groups is 1. The molecule has 0 unspecified atom stereocenters. The van der Waals surface area contributed by atoms with Crippen molar-refractivity contribution in [1.29, 1.82) is 0 Å². The quantitative estimate of drug-likeness (QED) is 0.425. The number of hydrogen-bond donors (Lipinski definition) is 0. The average Bonchev–Trinajstić information content (AvgIpc) is 2.65. The zero-order valence-corrected chi connectivity index (χ0v) is 15.5. The molecule has 0 amide bonds. The van der Waals surface area contributed by atoms with E-state index in [0.717, 1.165) is 6.54 Å². The standard InChI is InChI=1S/C20H23FN2O3/c1-5-23(3)13-22-18-10-14(2)16(11-19(18)25-4)20(24)26-12-15-8-6-7-9-17(15)21/h6-11,13H,5,12H2,1-4H3. The van der Waals surface area contributed by atoms with Gasteiger partial charge in [0, 0.05) is 19.2 Å². The summed E-state index contributed by atoms with van der Waals surface area (Å²) >= 11 is 0. The van der Waals surface area contributed by atoms with E-state index in [1.165, 1.54) is 13.2 Å². The van der Waals surface area contributed by atoms with Crippen molar-refractivity contribution in [2.24, 2.45) is 4.99 Å². The third-order valence-electron chi connectivity index (χ3n) is 3.96. The summed E-state index contributed by atoms with van der Waals surface area (Å²) in [5.74, 6) is -0.473. The molecule has 0 saturated carbocycles. The van der Waals surface area contributed by atoms with E-state index < -0.39 is 11.8 Å². The highest BCUT2D eigenvalue weighted by Gasteiger charge is 2.16. The molecule has 0 aromatic heterocycles. The molecular formula is C20H23FN2O3. The van der Waals surface area contributed by atoms with Gasteiger partial charge in [0.25, 0.3) is 0 Å². The number of ether oxygens (including phenoxy) is 2. The lowest BCUT2D eigenvalue weighted by atomic mass is 10.1.